The van der Waals surface area contributed by atoms with Crippen molar-refractivity contribution in [2.45, 2.75) is 6.92 Å². The van der Waals surface area contributed by atoms with Crippen LogP contribution in [0.25, 0.3) is 22.3 Å². The Bertz CT molecular complexity index is 1400. The van der Waals surface area contributed by atoms with Gasteiger partial charge < -0.3 is 19.2 Å². The maximum Gasteiger partial charge on any atom is 0.262 e. The maximum atomic E-state index is 13.8. The van der Waals surface area contributed by atoms with E-state index in [1.54, 1.807) is 50.4 Å². The van der Waals surface area contributed by atoms with Gasteiger partial charge in [0.15, 0.2) is 12.4 Å². The van der Waals surface area contributed by atoms with Crippen LogP contribution in [-0.4, -0.2) is 19.6 Å². The number of anilines is 1. The number of benzene rings is 3. The molecular formula is C25H19ClFNO5. The number of nitrogens with one attached hydrogen (secondary N) is 1. The van der Waals surface area contributed by atoms with Gasteiger partial charge in [-0.25, -0.2) is 4.39 Å². The molecule has 8 heteroatoms. The van der Waals surface area contributed by atoms with E-state index in [2.05, 4.69) is 5.32 Å². The Morgan fingerprint density at radius 2 is 1.85 bits per heavy atom. The minimum atomic E-state index is -0.637. The van der Waals surface area contributed by atoms with E-state index in [1.165, 1.54) is 24.3 Å². The average molecular weight is 468 g/mol. The monoisotopic (exact) mass is 467 g/mol. The van der Waals surface area contributed by atoms with Gasteiger partial charge in [0.05, 0.1) is 18.2 Å². The molecule has 0 atom stereocenters. The van der Waals surface area contributed by atoms with Crippen molar-refractivity contribution < 1.29 is 23.1 Å². The molecule has 0 unspecified atom stereocenters. The second-order valence-corrected chi connectivity index (χ2v) is 7.64. The van der Waals surface area contributed by atoms with Gasteiger partial charge in [-0.2, -0.15) is 0 Å². The highest BCUT2D eigenvalue weighted by Gasteiger charge is 2.20. The van der Waals surface area contributed by atoms with Crippen LogP contribution in [0, 0.1) is 12.7 Å². The topological polar surface area (TPSA) is 77.8 Å². The summed E-state index contributed by atoms with van der Waals surface area (Å²) in [6, 6.07) is 15.7. The Hall–Kier alpha value is -3.84. The molecule has 0 saturated carbocycles. The van der Waals surface area contributed by atoms with E-state index in [0.29, 0.717) is 21.9 Å². The fourth-order valence-electron chi connectivity index (χ4n) is 3.25. The minimum absolute atomic E-state index is 0.00859. The third-order valence-corrected chi connectivity index (χ3v) is 5.38. The number of methoxy groups -OCH3 is 1. The first-order valence-corrected chi connectivity index (χ1v) is 10.3. The summed E-state index contributed by atoms with van der Waals surface area (Å²) in [5, 5.41) is 3.03. The van der Waals surface area contributed by atoms with Gasteiger partial charge in [0, 0.05) is 10.6 Å². The van der Waals surface area contributed by atoms with E-state index in [-0.39, 0.29) is 22.6 Å². The molecule has 1 N–H and O–H groups in total. The third kappa shape index (κ3) is 4.68. The molecule has 0 fully saturated rings. The van der Waals surface area contributed by atoms with Gasteiger partial charge in [0.2, 0.25) is 11.2 Å². The molecule has 0 spiro atoms. The van der Waals surface area contributed by atoms with E-state index in [4.69, 9.17) is 25.5 Å². The molecule has 0 radical (unpaired) electrons. The van der Waals surface area contributed by atoms with Crippen LogP contribution in [0.3, 0.4) is 0 Å². The molecule has 0 aliphatic heterocycles. The third-order valence-electron chi connectivity index (χ3n) is 4.98. The predicted octanol–water partition coefficient (Wildman–Crippen LogP) is 5.59. The summed E-state index contributed by atoms with van der Waals surface area (Å²) in [6.45, 7) is 1.26. The minimum Gasteiger partial charge on any atom is -0.497 e. The number of aryl methyl sites for hydroxylation is 1. The van der Waals surface area contributed by atoms with Crippen LogP contribution in [-0.2, 0) is 4.79 Å². The van der Waals surface area contributed by atoms with Crippen molar-refractivity contribution in [3.05, 3.63) is 87.3 Å². The van der Waals surface area contributed by atoms with Gasteiger partial charge in [-0.3, -0.25) is 9.59 Å². The highest BCUT2D eigenvalue weighted by molar-refractivity contribution is 6.32. The molecule has 1 aromatic heterocycles. The van der Waals surface area contributed by atoms with Gasteiger partial charge >= 0.3 is 0 Å². The molecule has 4 aromatic rings. The first kappa shape index (κ1) is 22.4. The number of rotatable bonds is 6. The Morgan fingerprint density at radius 3 is 2.55 bits per heavy atom. The summed E-state index contributed by atoms with van der Waals surface area (Å²) in [5.74, 6) is -0.606. The zero-order valence-corrected chi connectivity index (χ0v) is 18.5. The predicted molar refractivity (Wildman–Crippen MR) is 125 cm³/mol. The molecule has 168 valence electrons. The zero-order valence-electron chi connectivity index (χ0n) is 17.8. The first-order chi connectivity index (χ1) is 15.9. The summed E-state index contributed by atoms with van der Waals surface area (Å²) in [6.07, 6.45) is 0. The Balaban J connectivity index is 1.73. The van der Waals surface area contributed by atoms with Crippen molar-refractivity contribution in [3.63, 3.8) is 0 Å². The van der Waals surface area contributed by atoms with E-state index < -0.39 is 23.8 Å². The van der Waals surface area contributed by atoms with E-state index >= 15 is 0 Å². The summed E-state index contributed by atoms with van der Waals surface area (Å²) < 4.78 is 30.6. The van der Waals surface area contributed by atoms with Crippen LogP contribution in [0.4, 0.5) is 10.1 Å². The molecule has 1 amide bonds. The second-order valence-electron chi connectivity index (χ2n) is 7.23. The number of halogens is 2. The first-order valence-electron chi connectivity index (χ1n) is 9.96. The second kappa shape index (κ2) is 9.34. The lowest BCUT2D eigenvalue weighted by Crippen LogP contribution is -2.23. The molecule has 3 aromatic carbocycles. The number of hydrogen-bond donors (Lipinski definition) is 1. The highest BCUT2D eigenvalue weighted by atomic mass is 35.5. The molecular weight excluding hydrogens is 449 g/mol. The molecule has 0 aliphatic carbocycles. The molecule has 0 bridgehead atoms. The molecule has 0 saturated heterocycles. The van der Waals surface area contributed by atoms with Crippen molar-refractivity contribution in [1.82, 2.24) is 0 Å². The van der Waals surface area contributed by atoms with Crippen molar-refractivity contribution in [3.8, 4) is 22.8 Å². The number of carbonyl (C=O) groups is 1. The molecule has 4 rings (SSSR count). The van der Waals surface area contributed by atoms with Crippen LogP contribution >= 0.6 is 11.6 Å². The lowest BCUT2D eigenvalue weighted by Gasteiger charge is -2.13. The van der Waals surface area contributed by atoms with Crippen molar-refractivity contribution in [1.29, 1.82) is 0 Å². The van der Waals surface area contributed by atoms with Gasteiger partial charge in [-0.1, -0.05) is 23.7 Å². The van der Waals surface area contributed by atoms with Crippen LogP contribution in [0.2, 0.25) is 5.02 Å². The number of ether oxygens (including phenoxy) is 2. The van der Waals surface area contributed by atoms with E-state index in [0.717, 1.165) is 5.56 Å². The Labute approximate surface area is 193 Å². The number of hydrogen-bond acceptors (Lipinski definition) is 5. The lowest BCUT2D eigenvalue weighted by molar-refractivity contribution is -0.118. The lowest BCUT2D eigenvalue weighted by atomic mass is 10.1. The van der Waals surface area contributed by atoms with Crippen molar-refractivity contribution >= 4 is 34.2 Å². The molecule has 1 heterocycles. The fourth-order valence-corrected chi connectivity index (χ4v) is 3.41. The van der Waals surface area contributed by atoms with Gasteiger partial charge in [-0.05, 0) is 61.0 Å². The summed E-state index contributed by atoms with van der Waals surface area (Å²) in [4.78, 5) is 25.6. The summed E-state index contributed by atoms with van der Waals surface area (Å²) in [7, 11) is 1.54. The number of carbonyl (C=O) groups excluding carboxylic acids is 1. The largest absolute Gasteiger partial charge is 0.497 e. The Morgan fingerprint density at radius 1 is 1.12 bits per heavy atom. The van der Waals surface area contributed by atoms with Crippen LogP contribution < -0.4 is 20.2 Å². The van der Waals surface area contributed by atoms with Crippen molar-refractivity contribution in [2.75, 3.05) is 19.0 Å². The standard InChI is InChI=1S/C25H19ClFNO5/c1-14-11-21-17(12-18(14)26)23(30)25(24(33-21)15-7-9-16(31-2)10-8-15)32-13-22(29)28-20-6-4-3-5-19(20)27/h3-12H,13H2,1-2H3,(H,28,29). The maximum absolute atomic E-state index is 13.8. The fraction of sp³-hybridized carbons (Fsp3) is 0.120. The summed E-state index contributed by atoms with van der Waals surface area (Å²) in [5.41, 5.74) is 1.14. The summed E-state index contributed by atoms with van der Waals surface area (Å²) >= 11 is 6.20. The molecule has 6 nitrogen and oxygen atoms in total. The van der Waals surface area contributed by atoms with Crippen LogP contribution in [0.15, 0.2) is 69.9 Å². The number of fused-ring (bicyclic) bond motifs is 1. The van der Waals surface area contributed by atoms with Crippen LogP contribution in [0.1, 0.15) is 5.56 Å². The average Bonchev–Trinajstić information content (AvgIpc) is 2.81. The number of para-hydroxylation sites is 1. The van der Waals surface area contributed by atoms with Gasteiger partial charge in [0.25, 0.3) is 5.91 Å². The molecule has 33 heavy (non-hydrogen) atoms. The SMILES string of the molecule is COc1ccc(-c2oc3cc(C)c(Cl)cc3c(=O)c2OCC(=O)Nc2ccccc2F)cc1. The van der Waals surface area contributed by atoms with Gasteiger partial charge in [0.1, 0.15) is 17.1 Å². The zero-order chi connectivity index (χ0) is 23.5. The van der Waals surface area contributed by atoms with E-state index in [9.17, 15) is 14.0 Å². The van der Waals surface area contributed by atoms with E-state index in [1.807, 2.05) is 0 Å². The van der Waals surface area contributed by atoms with Crippen molar-refractivity contribution in [2.24, 2.45) is 0 Å². The highest BCUT2D eigenvalue weighted by Crippen LogP contribution is 2.33. The normalized spacial score (nSPS) is 10.8. The number of amides is 1. The Kier molecular flexibility index (Phi) is 6.33. The quantitative estimate of drug-likeness (QED) is 0.400. The molecule has 0 aliphatic rings. The van der Waals surface area contributed by atoms with Crippen LogP contribution in [0.5, 0.6) is 11.5 Å². The van der Waals surface area contributed by atoms with Gasteiger partial charge in [-0.15, -0.1) is 0 Å². The smallest absolute Gasteiger partial charge is 0.262 e.